The summed E-state index contributed by atoms with van der Waals surface area (Å²) in [4.78, 5) is 6.86. The molecule has 0 aliphatic carbocycles. The van der Waals surface area contributed by atoms with Gasteiger partial charge in [-0.2, -0.15) is 4.98 Å². The lowest BCUT2D eigenvalue weighted by Gasteiger charge is -2.24. The van der Waals surface area contributed by atoms with Crippen molar-refractivity contribution >= 4 is 0 Å². The molecule has 0 N–H and O–H groups in total. The molecular weight excluding hydrogens is 302 g/mol. The van der Waals surface area contributed by atoms with Gasteiger partial charge in [-0.25, -0.2) is 0 Å². The van der Waals surface area contributed by atoms with Gasteiger partial charge in [0.2, 0.25) is 5.89 Å². The Labute approximate surface area is 148 Å². The summed E-state index contributed by atoms with van der Waals surface area (Å²) in [6.45, 7) is 15.8. The Balaban J connectivity index is 2.32. The van der Waals surface area contributed by atoms with Crippen LogP contribution in [0.3, 0.4) is 0 Å². The Kier molecular flexibility index (Phi) is 8.92. The maximum absolute atomic E-state index is 5.49. The number of nitrogens with zero attached hydrogens (tertiary/aromatic N) is 3. The molecule has 0 amide bonds. The Morgan fingerprint density at radius 1 is 1.21 bits per heavy atom. The van der Waals surface area contributed by atoms with Crippen LogP contribution in [0.1, 0.15) is 84.9 Å². The van der Waals surface area contributed by atoms with Crippen molar-refractivity contribution in [1.29, 1.82) is 0 Å². The van der Waals surface area contributed by atoms with Crippen molar-refractivity contribution in [2.24, 2.45) is 5.92 Å². The standard InChI is InChI=1S/C19H37N3O2/c1-8-22(14-17-20-18(15(2)3)21-24-17)13-11-16(4)10-9-12-19(5,6)23-7/h15-16H,8-14H2,1-7H3. The molecule has 1 aromatic rings. The molecule has 1 heterocycles. The molecule has 1 aromatic heterocycles. The van der Waals surface area contributed by atoms with E-state index in [0.29, 0.717) is 5.92 Å². The van der Waals surface area contributed by atoms with Crippen LogP contribution in [0, 0.1) is 5.92 Å². The van der Waals surface area contributed by atoms with E-state index in [-0.39, 0.29) is 5.60 Å². The summed E-state index contributed by atoms with van der Waals surface area (Å²) in [7, 11) is 1.80. The molecule has 0 bridgehead atoms. The van der Waals surface area contributed by atoms with Crippen LogP contribution in [0.15, 0.2) is 4.52 Å². The van der Waals surface area contributed by atoms with Crippen molar-refractivity contribution in [3.63, 3.8) is 0 Å². The average Bonchev–Trinajstić information content (AvgIpc) is 3.00. The minimum Gasteiger partial charge on any atom is -0.379 e. The predicted molar refractivity (Wildman–Crippen MR) is 98.1 cm³/mol. The molecule has 1 rings (SSSR count). The number of hydrogen-bond acceptors (Lipinski definition) is 5. The number of methoxy groups -OCH3 is 1. The molecule has 0 aliphatic heterocycles. The van der Waals surface area contributed by atoms with Gasteiger partial charge in [0.1, 0.15) is 0 Å². The molecule has 0 spiro atoms. The van der Waals surface area contributed by atoms with E-state index in [1.807, 2.05) is 0 Å². The summed E-state index contributed by atoms with van der Waals surface area (Å²) in [5, 5.41) is 4.05. The van der Waals surface area contributed by atoms with Gasteiger partial charge in [-0.1, -0.05) is 45.7 Å². The van der Waals surface area contributed by atoms with Crippen molar-refractivity contribution in [3.05, 3.63) is 11.7 Å². The Morgan fingerprint density at radius 2 is 1.92 bits per heavy atom. The zero-order valence-corrected chi connectivity index (χ0v) is 16.8. The van der Waals surface area contributed by atoms with Crippen LogP contribution < -0.4 is 0 Å². The molecule has 0 saturated carbocycles. The van der Waals surface area contributed by atoms with Crippen LogP contribution in [-0.2, 0) is 11.3 Å². The molecule has 1 atom stereocenters. The molecule has 140 valence electrons. The smallest absolute Gasteiger partial charge is 0.240 e. The summed E-state index contributed by atoms with van der Waals surface area (Å²) in [5.74, 6) is 2.57. The SMILES string of the molecule is CCN(CCC(C)CCCC(C)(C)OC)Cc1nc(C(C)C)no1. The fourth-order valence-electron chi connectivity index (χ4n) is 2.63. The van der Waals surface area contributed by atoms with E-state index < -0.39 is 0 Å². The van der Waals surface area contributed by atoms with Crippen LogP contribution >= 0.6 is 0 Å². The second kappa shape index (κ2) is 10.1. The van der Waals surface area contributed by atoms with Crippen LogP contribution in [0.5, 0.6) is 0 Å². The molecular formula is C19H37N3O2. The zero-order valence-electron chi connectivity index (χ0n) is 16.8. The van der Waals surface area contributed by atoms with Crippen LogP contribution in [0.4, 0.5) is 0 Å². The second-order valence-electron chi connectivity index (χ2n) is 7.82. The van der Waals surface area contributed by atoms with E-state index >= 15 is 0 Å². The van der Waals surface area contributed by atoms with Gasteiger partial charge in [-0.05, 0) is 45.7 Å². The minimum atomic E-state index is 0.00124. The monoisotopic (exact) mass is 339 g/mol. The van der Waals surface area contributed by atoms with E-state index in [2.05, 4.69) is 56.6 Å². The van der Waals surface area contributed by atoms with E-state index in [1.165, 1.54) is 19.3 Å². The molecule has 5 nitrogen and oxygen atoms in total. The van der Waals surface area contributed by atoms with Gasteiger partial charge in [0, 0.05) is 13.0 Å². The zero-order chi connectivity index (χ0) is 18.2. The van der Waals surface area contributed by atoms with Crippen molar-refractivity contribution in [3.8, 4) is 0 Å². The van der Waals surface area contributed by atoms with E-state index in [4.69, 9.17) is 9.26 Å². The topological polar surface area (TPSA) is 51.4 Å². The fourth-order valence-corrected chi connectivity index (χ4v) is 2.63. The van der Waals surface area contributed by atoms with Gasteiger partial charge in [0.15, 0.2) is 5.82 Å². The highest BCUT2D eigenvalue weighted by molar-refractivity contribution is 4.91. The number of aromatic nitrogens is 2. The Bertz CT molecular complexity index is 457. The van der Waals surface area contributed by atoms with E-state index in [1.54, 1.807) is 7.11 Å². The highest BCUT2D eigenvalue weighted by atomic mass is 16.5. The first-order chi connectivity index (χ1) is 11.3. The Hall–Kier alpha value is -0.940. The van der Waals surface area contributed by atoms with Gasteiger partial charge in [0.25, 0.3) is 0 Å². The molecule has 0 saturated heterocycles. The lowest BCUT2D eigenvalue weighted by atomic mass is 9.95. The van der Waals surface area contributed by atoms with Crippen LogP contribution in [0.2, 0.25) is 0 Å². The first-order valence-corrected chi connectivity index (χ1v) is 9.37. The third-order valence-corrected chi connectivity index (χ3v) is 4.77. The first-order valence-electron chi connectivity index (χ1n) is 9.37. The largest absolute Gasteiger partial charge is 0.379 e. The normalized spacial score (nSPS) is 13.9. The summed E-state index contributed by atoms with van der Waals surface area (Å²) >= 11 is 0. The fraction of sp³-hybridized carbons (Fsp3) is 0.895. The molecule has 5 heteroatoms. The van der Waals surface area contributed by atoms with Gasteiger partial charge in [0.05, 0.1) is 12.1 Å². The quantitative estimate of drug-likeness (QED) is 0.555. The molecule has 0 aliphatic rings. The minimum absolute atomic E-state index is 0.00124. The lowest BCUT2D eigenvalue weighted by Crippen LogP contribution is -2.26. The molecule has 0 radical (unpaired) electrons. The number of ether oxygens (including phenoxy) is 1. The van der Waals surface area contributed by atoms with Crippen molar-refractivity contribution in [2.75, 3.05) is 20.2 Å². The third-order valence-electron chi connectivity index (χ3n) is 4.77. The molecule has 0 aromatic carbocycles. The summed E-state index contributed by atoms with van der Waals surface area (Å²) in [6, 6.07) is 0. The summed E-state index contributed by atoms with van der Waals surface area (Å²) in [6.07, 6.45) is 4.79. The maximum Gasteiger partial charge on any atom is 0.240 e. The van der Waals surface area contributed by atoms with Crippen molar-refractivity contribution in [1.82, 2.24) is 15.0 Å². The van der Waals surface area contributed by atoms with E-state index in [0.717, 1.165) is 43.7 Å². The predicted octanol–water partition coefficient (Wildman–Crippen LogP) is 4.64. The average molecular weight is 340 g/mol. The lowest BCUT2D eigenvalue weighted by molar-refractivity contribution is 0.0126. The molecule has 0 fully saturated rings. The van der Waals surface area contributed by atoms with Crippen molar-refractivity contribution < 1.29 is 9.26 Å². The van der Waals surface area contributed by atoms with Gasteiger partial charge in [-0.3, -0.25) is 4.90 Å². The number of rotatable bonds is 12. The van der Waals surface area contributed by atoms with Gasteiger partial charge >= 0.3 is 0 Å². The summed E-state index contributed by atoms with van der Waals surface area (Å²) < 4.78 is 10.9. The van der Waals surface area contributed by atoms with Crippen LogP contribution in [0.25, 0.3) is 0 Å². The van der Waals surface area contributed by atoms with E-state index in [9.17, 15) is 0 Å². The van der Waals surface area contributed by atoms with Gasteiger partial charge < -0.3 is 9.26 Å². The van der Waals surface area contributed by atoms with Crippen molar-refractivity contribution in [2.45, 2.75) is 85.3 Å². The van der Waals surface area contributed by atoms with Crippen LogP contribution in [-0.4, -0.2) is 40.8 Å². The Morgan fingerprint density at radius 3 is 2.46 bits per heavy atom. The van der Waals surface area contributed by atoms with Gasteiger partial charge in [-0.15, -0.1) is 0 Å². The maximum atomic E-state index is 5.49. The highest BCUT2D eigenvalue weighted by Gasteiger charge is 2.17. The highest BCUT2D eigenvalue weighted by Crippen LogP contribution is 2.20. The first kappa shape index (κ1) is 21.1. The number of hydrogen-bond donors (Lipinski definition) is 0. The summed E-state index contributed by atoms with van der Waals surface area (Å²) in [5.41, 5.74) is 0.00124. The second-order valence-corrected chi connectivity index (χ2v) is 7.82. The third kappa shape index (κ3) is 7.75. The molecule has 1 unspecified atom stereocenters. The molecule has 24 heavy (non-hydrogen) atoms.